The van der Waals surface area contributed by atoms with Gasteiger partial charge < -0.3 is 14.8 Å². The smallest absolute Gasteiger partial charge is 0.411 e. The van der Waals surface area contributed by atoms with Crippen molar-refractivity contribution in [1.29, 1.82) is 0 Å². The number of anilines is 3. The Morgan fingerprint density at radius 3 is 1.54 bits per heavy atom. The van der Waals surface area contributed by atoms with Gasteiger partial charge >= 0.3 is 12.2 Å². The van der Waals surface area contributed by atoms with E-state index in [1.165, 1.54) is 30.4 Å². The first-order valence-electron chi connectivity index (χ1n) is 15.7. The van der Waals surface area contributed by atoms with Crippen molar-refractivity contribution >= 4 is 70.5 Å². The molecule has 0 radical (unpaired) electrons. The highest BCUT2D eigenvalue weighted by atomic mass is 16.6. The Bertz CT molecular complexity index is 1770. The molecule has 0 saturated carbocycles. The highest BCUT2D eigenvalue weighted by molar-refractivity contribution is 5.91. The van der Waals surface area contributed by atoms with Crippen LogP contribution in [0.15, 0.2) is 69.6 Å². The number of aryl methyl sites for hydroxylation is 3. The van der Waals surface area contributed by atoms with E-state index in [0.29, 0.717) is 59.8 Å². The molecule has 3 aromatic rings. The maximum Gasteiger partial charge on any atom is 0.411 e. The normalized spacial score (nSPS) is 11.4. The number of carbonyl (C=O) groups is 3. The number of benzene rings is 3. The Morgan fingerprint density at radius 2 is 1.10 bits per heavy atom. The Kier molecular flexibility index (Phi) is 14.5. The number of nitrogens with one attached hydrogen (secondary N) is 3. The minimum Gasteiger partial charge on any atom is -0.449 e. The first-order valence-corrected chi connectivity index (χ1v) is 15.7. The molecule has 50 heavy (non-hydrogen) atoms. The fourth-order valence-corrected chi connectivity index (χ4v) is 5.03. The van der Waals surface area contributed by atoms with Crippen molar-refractivity contribution in [1.82, 2.24) is 0 Å². The van der Waals surface area contributed by atoms with Crippen LogP contribution in [0.25, 0.3) is 0 Å². The molecule has 0 saturated heterocycles. The van der Waals surface area contributed by atoms with E-state index in [9.17, 15) is 28.8 Å². The molecule has 14 nitrogen and oxygen atoms in total. The molecule has 3 rings (SSSR count). The van der Waals surface area contributed by atoms with Gasteiger partial charge in [-0.15, -0.1) is 0 Å². The fraction of sp³-hybridized carbons (Fsp3) is 0.333. The predicted octanol–water partition coefficient (Wildman–Crippen LogP) is 7.91. The van der Waals surface area contributed by atoms with Crippen LogP contribution in [0, 0.1) is 26.2 Å². The van der Waals surface area contributed by atoms with Crippen LogP contribution >= 0.6 is 0 Å². The minimum absolute atomic E-state index is 0.0313. The summed E-state index contributed by atoms with van der Waals surface area (Å²) in [6.45, 7) is 7.13. The third-order valence-electron chi connectivity index (χ3n) is 8.14. The maximum atomic E-state index is 12.8. The molecule has 3 amide bonds. The standard InChI is InChI=1S/C36H38N6O8/c1-5-36(20-50-35(48)42-29-13-10-26(4)32(19-29)39-23-45,14-6-7-33(46)40-27-11-8-24(2)30(17-27)37-21-43)15-16-49-34(47)41-28-12-9-25(3)31(18-28)38-22-44/h8-13,17-19H,5-7,14-16,20H2,1-4H3,(H,40,46)(H,41,47)(H,42,48). The van der Waals surface area contributed by atoms with E-state index in [1.807, 2.05) is 6.92 Å². The summed E-state index contributed by atoms with van der Waals surface area (Å²) in [6.07, 6.45) is 4.80. The second kappa shape index (κ2) is 19.0. The summed E-state index contributed by atoms with van der Waals surface area (Å²) in [4.78, 5) is 81.4. The number of amides is 3. The SMILES string of the molecule is CCC(CCCC(=O)Nc1ccc(C)c(N=C=O)c1)(CCOC(=O)Nc1ccc(C)c(N=C=O)c1)COC(=O)Nc1ccc(C)c(N=C=O)c1. The molecule has 0 aliphatic heterocycles. The molecule has 260 valence electrons. The summed E-state index contributed by atoms with van der Waals surface area (Å²) >= 11 is 0. The van der Waals surface area contributed by atoms with E-state index in [2.05, 4.69) is 30.9 Å². The summed E-state index contributed by atoms with van der Waals surface area (Å²) in [5.74, 6) is -0.265. The first kappa shape index (κ1) is 38.3. The Balaban J connectivity index is 1.67. The first-order chi connectivity index (χ1) is 24.0. The van der Waals surface area contributed by atoms with Crippen LogP contribution in [-0.2, 0) is 28.7 Å². The number of isocyanates is 3. The highest BCUT2D eigenvalue weighted by Crippen LogP contribution is 2.34. The van der Waals surface area contributed by atoms with E-state index < -0.39 is 17.6 Å². The zero-order valence-corrected chi connectivity index (χ0v) is 28.3. The lowest BCUT2D eigenvalue weighted by molar-refractivity contribution is -0.116. The summed E-state index contributed by atoms with van der Waals surface area (Å²) < 4.78 is 11.1. The van der Waals surface area contributed by atoms with E-state index >= 15 is 0 Å². The van der Waals surface area contributed by atoms with Gasteiger partial charge in [-0.1, -0.05) is 25.1 Å². The van der Waals surface area contributed by atoms with Gasteiger partial charge in [-0.3, -0.25) is 15.4 Å². The Hall–Kier alpha value is -6.19. The van der Waals surface area contributed by atoms with E-state index in [1.54, 1.807) is 63.2 Å². The molecular weight excluding hydrogens is 644 g/mol. The molecule has 0 bridgehead atoms. The second-order valence-corrected chi connectivity index (χ2v) is 11.6. The zero-order chi connectivity index (χ0) is 36.5. The molecule has 1 atom stereocenters. The van der Waals surface area contributed by atoms with Gasteiger partial charge in [-0.05, 0) is 99.5 Å². The number of carbonyl (C=O) groups excluding carboxylic acids is 6. The van der Waals surface area contributed by atoms with E-state index in [-0.39, 0.29) is 25.5 Å². The lowest BCUT2D eigenvalue weighted by atomic mass is 9.78. The Morgan fingerprint density at radius 1 is 0.660 bits per heavy atom. The van der Waals surface area contributed by atoms with Crippen LogP contribution in [0.4, 0.5) is 43.7 Å². The average molecular weight is 683 g/mol. The van der Waals surface area contributed by atoms with E-state index in [4.69, 9.17) is 9.47 Å². The van der Waals surface area contributed by atoms with Gasteiger partial charge in [0.25, 0.3) is 0 Å². The number of ether oxygens (including phenoxy) is 2. The molecule has 1 unspecified atom stereocenters. The molecule has 0 spiro atoms. The third kappa shape index (κ3) is 11.8. The lowest BCUT2D eigenvalue weighted by Gasteiger charge is -2.32. The minimum atomic E-state index is -0.745. The van der Waals surface area contributed by atoms with Crippen molar-refractivity contribution in [2.45, 2.75) is 59.8 Å². The number of aliphatic imine (C=N–C) groups is 3. The average Bonchev–Trinajstić information content (AvgIpc) is 3.08. The summed E-state index contributed by atoms with van der Waals surface area (Å²) in [5, 5.41) is 8.04. The maximum absolute atomic E-state index is 12.8. The van der Waals surface area contributed by atoms with Crippen LogP contribution in [-0.4, -0.2) is 49.5 Å². The fourth-order valence-electron chi connectivity index (χ4n) is 5.03. The van der Waals surface area contributed by atoms with Gasteiger partial charge in [0.15, 0.2) is 0 Å². The number of nitrogens with zero attached hydrogens (tertiary/aromatic N) is 3. The van der Waals surface area contributed by atoms with Gasteiger partial charge in [0.05, 0.1) is 30.3 Å². The summed E-state index contributed by atoms with van der Waals surface area (Å²) in [7, 11) is 0. The third-order valence-corrected chi connectivity index (χ3v) is 8.14. The van der Waals surface area contributed by atoms with Crippen LogP contribution in [0.2, 0.25) is 0 Å². The highest BCUT2D eigenvalue weighted by Gasteiger charge is 2.31. The molecule has 0 aromatic heterocycles. The summed E-state index contributed by atoms with van der Waals surface area (Å²) in [5.41, 5.74) is 3.86. The van der Waals surface area contributed by atoms with Crippen molar-refractivity contribution < 1.29 is 38.2 Å². The monoisotopic (exact) mass is 682 g/mol. The van der Waals surface area contributed by atoms with Gasteiger partial charge in [0.1, 0.15) is 0 Å². The number of hydrogen-bond acceptors (Lipinski definition) is 11. The lowest BCUT2D eigenvalue weighted by Crippen LogP contribution is -2.32. The van der Waals surface area contributed by atoms with Crippen molar-refractivity contribution in [2.75, 3.05) is 29.2 Å². The van der Waals surface area contributed by atoms with Crippen LogP contribution in [0.5, 0.6) is 0 Å². The molecule has 0 heterocycles. The molecule has 0 aliphatic carbocycles. The van der Waals surface area contributed by atoms with Gasteiger partial charge in [0, 0.05) is 28.9 Å². The molecular formula is C36H38N6O8. The largest absolute Gasteiger partial charge is 0.449 e. The number of rotatable bonds is 16. The number of hydrogen-bond donors (Lipinski definition) is 3. The van der Waals surface area contributed by atoms with E-state index in [0.717, 1.165) is 16.7 Å². The van der Waals surface area contributed by atoms with Crippen molar-refractivity contribution in [3.63, 3.8) is 0 Å². The molecule has 0 fully saturated rings. The molecule has 3 N–H and O–H groups in total. The quantitative estimate of drug-likeness (QED) is 0.100. The van der Waals surface area contributed by atoms with Gasteiger partial charge in [0.2, 0.25) is 24.1 Å². The van der Waals surface area contributed by atoms with Crippen molar-refractivity contribution in [3.8, 4) is 0 Å². The molecule has 14 heteroatoms. The van der Waals surface area contributed by atoms with Crippen LogP contribution < -0.4 is 16.0 Å². The van der Waals surface area contributed by atoms with Crippen LogP contribution in [0.3, 0.4) is 0 Å². The molecule has 3 aromatic carbocycles. The van der Waals surface area contributed by atoms with Crippen LogP contribution in [0.1, 0.15) is 55.7 Å². The predicted molar refractivity (Wildman–Crippen MR) is 187 cm³/mol. The van der Waals surface area contributed by atoms with Gasteiger partial charge in [-0.25, -0.2) is 24.0 Å². The topological polar surface area (TPSA) is 194 Å². The van der Waals surface area contributed by atoms with Crippen molar-refractivity contribution in [3.05, 3.63) is 71.3 Å². The van der Waals surface area contributed by atoms with Crippen molar-refractivity contribution in [2.24, 2.45) is 20.4 Å². The van der Waals surface area contributed by atoms with Gasteiger partial charge in [-0.2, -0.15) is 15.0 Å². The second-order valence-electron chi connectivity index (χ2n) is 11.6. The zero-order valence-electron chi connectivity index (χ0n) is 28.3. The summed E-state index contributed by atoms with van der Waals surface area (Å²) in [6, 6.07) is 14.7. The molecule has 0 aliphatic rings. The Labute approximate surface area is 289 Å².